The van der Waals surface area contributed by atoms with E-state index in [1.165, 1.54) is 6.07 Å². The maximum Gasteiger partial charge on any atom is 0.293 e. The number of anilines is 1. The molecule has 0 aliphatic carbocycles. The van der Waals surface area contributed by atoms with Crippen LogP contribution in [0.15, 0.2) is 36.4 Å². The first-order chi connectivity index (χ1) is 13.5. The lowest BCUT2D eigenvalue weighted by molar-refractivity contribution is -0.384. The van der Waals surface area contributed by atoms with E-state index in [0.29, 0.717) is 17.2 Å². The van der Waals surface area contributed by atoms with Crippen molar-refractivity contribution in [2.45, 2.75) is 19.4 Å². The minimum Gasteiger partial charge on any atom is -0.493 e. The zero-order valence-corrected chi connectivity index (χ0v) is 15.9. The van der Waals surface area contributed by atoms with E-state index in [9.17, 15) is 14.9 Å². The second-order valence-corrected chi connectivity index (χ2v) is 6.53. The van der Waals surface area contributed by atoms with Crippen LogP contribution < -0.4 is 19.7 Å². The molecule has 0 atom stereocenters. The van der Waals surface area contributed by atoms with Gasteiger partial charge in [0.25, 0.3) is 11.6 Å². The van der Waals surface area contributed by atoms with Crippen LogP contribution in [0.3, 0.4) is 0 Å². The number of hydrogen-bond donors (Lipinski definition) is 1. The Hall–Kier alpha value is -3.29. The Morgan fingerprint density at radius 3 is 2.46 bits per heavy atom. The second-order valence-electron chi connectivity index (χ2n) is 6.53. The third-order valence-electron chi connectivity index (χ3n) is 4.78. The number of nitro benzene ring substituents is 1. The maximum absolute atomic E-state index is 12.5. The molecule has 1 heterocycles. The molecule has 2 aromatic rings. The van der Waals surface area contributed by atoms with Crippen LogP contribution in [0, 0.1) is 10.1 Å². The van der Waals surface area contributed by atoms with Gasteiger partial charge < -0.3 is 19.7 Å². The van der Waals surface area contributed by atoms with E-state index >= 15 is 0 Å². The second kappa shape index (κ2) is 8.60. The predicted molar refractivity (Wildman–Crippen MR) is 105 cm³/mol. The van der Waals surface area contributed by atoms with Gasteiger partial charge in [-0.3, -0.25) is 14.9 Å². The fraction of sp³-hybridized carbons (Fsp3) is 0.350. The quantitative estimate of drug-likeness (QED) is 0.581. The molecule has 1 aliphatic rings. The van der Waals surface area contributed by atoms with Gasteiger partial charge in [0, 0.05) is 31.3 Å². The minimum atomic E-state index is -0.432. The lowest BCUT2D eigenvalue weighted by Gasteiger charge is -2.17. The molecular formula is C20H23N3O5. The summed E-state index contributed by atoms with van der Waals surface area (Å²) >= 11 is 0. The number of methoxy groups -OCH3 is 2. The molecule has 0 radical (unpaired) electrons. The molecular weight excluding hydrogens is 362 g/mol. The zero-order valence-electron chi connectivity index (χ0n) is 15.9. The van der Waals surface area contributed by atoms with Gasteiger partial charge in [-0.05, 0) is 42.7 Å². The molecule has 1 fully saturated rings. The van der Waals surface area contributed by atoms with Gasteiger partial charge >= 0.3 is 0 Å². The summed E-state index contributed by atoms with van der Waals surface area (Å²) < 4.78 is 10.4. The molecule has 1 amide bonds. The smallest absolute Gasteiger partial charge is 0.293 e. The van der Waals surface area contributed by atoms with Gasteiger partial charge in [0.15, 0.2) is 11.5 Å². The highest BCUT2D eigenvalue weighted by Gasteiger charge is 2.23. The van der Waals surface area contributed by atoms with E-state index in [1.54, 1.807) is 38.5 Å². The molecule has 0 saturated carbocycles. The monoisotopic (exact) mass is 385 g/mol. The number of nitro groups is 1. The highest BCUT2D eigenvalue weighted by Crippen LogP contribution is 2.32. The number of nitrogens with zero attached hydrogens (tertiary/aromatic N) is 2. The van der Waals surface area contributed by atoms with Gasteiger partial charge in [-0.15, -0.1) is 0 Å². The van der Waals surface area contributed by atoms with E-state index in [0.717, 1.165) is 31.5 Å². The van der Waals surface area contributed by atoms with Gasteiger partial charge in [0.2, 0.25) is 0 Å². The molecule has 1 N–H and O–H groups in total. The van der Waals surface area contributed by atoms with Crippen LogP contribution >= 0.6 is 0 Å². The molecule has 0 bridgehead atoms. The number of amides is 1. The van der Waals surface area contributed by atoms with Crippen LogP contribution in [0.2, 0.25) is 0 Å². The molecule has 2 aromatic carbocycles. The summed E-state index contributed by atoms with van der Waals surface area (Å²) in [7, 11) is 3.10. The number of carbonyl (C=O) groups is 1. The van der Waals surface area contributed by atoms with Crippen LogP contribution in [0.4, 0.5) is 11.4 Å². The standard InChI is InChI=1S/C20H23N3O5/c1-27-18-8-5-14(11-19(18)28-2)13-21-20(24)15-6-7-16(17(12-15)23(25)26)22-9-3-4-10-22/h5-8,11-12H,3-4,9-10,13H2,1-2H3,(H,21,24). The van der Waals surface area contributed by atoms with E-state index in [-0.39, 0.29) is 23.7 Å². The molecule has 1 aliphatic heterocycles. The van der Waals surface area contributed by atoms with Crippen molar-refractivity contribution in [3.8, 4) is 11.5 Å². The molecule has 8 heteroatoms. The van der Waals surface area contributed by atoms with Crippen molar-refractivity contribution >= 4 is 17.3 Å². The number of ether oxygens (including phenoxy) is 2. The average molecular weight is 385 g/mol. The number of hydrogen-bond acceptors (Lipinski definition) is 6. The summed E-state index contributed by atoms with van der Waals surface area (Å²) in [5, 5.41) is 14.3. The van der Waals surface area contributed by atoms with Crippen molar-refractivity contribution in [3.63, 3.8) is 0 Å². The summed E-state index contributed by atoms with van der Waals surface area (Å²) in [4.78, 5) is 25.5. The molecule has 8 nitrogen and oxygen atoms in total. The fourth-order valence-corrected chi connectivity index (χ4v) is 3.31. The Balaban J connectivity index is 1.73. The lowest BCUT2D eigenvalue weighted by Crippen LogP contribution is -2.24. The molecule has 3 rings (SSSR count). The number of carbonyl (C=O) groups excluding carboxylic acids is 1. The minimum absolute atomic E-state index is 0.0410. The van der Waals surface area contributed by atoms with Gasteiger partial charge in [0.05, 0.1) is 19.1 Å². The first-order valence-electron chi connectivity index (χ1n) is 9.06. The van der Waals surface area contributed by atoms with Gasteiger partial charge in [0.1, 0.15) is 5.69 Å². The first-order valence-corrected chi connectivity index (χ1v) is 9.06. The Labute approximate surface area is 163 Å². The third kappa shape index (κ3) is 4.16. The maximum atomic E-state index is 12.5. The topological polar surface area (TPSA) is 93.9 Å². The van der Waals surface area contributed by atoms with Crippen LogP contribution in [-0.2, 0) is 6.54 Å². The highest BCUT2D eigenvalue weighted by atomic mass is 16.6. The summed E-state index contributed by atoms with van der Waals surface area (Å²) in [5.74, 6) is 0.802. The largest absolute Gasteiger partial charge is 0.493 e. The summed E-state index contributed by atoms with van der Waals surface area (Å²) in [6.45, 7) is 1.86. The average Bonchev–Trinajstić information content (AvgIpc) is 3.25. The molecule has 1 saturated heterocycles. The van der Waals surface area contributed by atoms with Crippen molar-refractivity contribution in [3.05, 3.63) is 57.6 Å². The number of nitrogens with one attached hydrogen (secondary N) is 1. The van der Waals surface area contributed by atoms with E-state index in [1.807, 2.05) is 11.0 Å². The van der Waals surface area contributed by atoms with Crippen molar-refractivity contribution in [2.75, 3.05) is 32.2 Å². The van der Waals surface area contributed by atoms with Crippen molar-refractivity contribution in [1.29, 1.82) is 0 Å². The van der Waals surface area contributed by atoms with Crippen LogP contribution in [0.1, 0.15) is 28.8 Å². The van der Waals surface area contributed by atoms with Crippen molar-refractivity contribution in [1.82, 2.24) is 5.32 Å². The van der Waals surface area contributed by atoms with Gasteiger partial charge in [-0.1, -0.05) is 6.07 Å². The molecule has 0 spiro atoms. The molecule has 0 aromatic heterocycles. The van der Waals surface area contributed by atoms with Crippen molar-refractivity contribution in [2.24, 2.45) is 0 Å². The lowest BCUT2D eigenvalue weighted by atomic mass is 10.1. The van der Waals surface area contributed by atoms with E-state index < -0.39 is 4.92 Å². The van der Waals surface area contributed by atoms with Gasteiger partial charge in [-0.2, -0.15) is 0 Å². The predicted octanol–water partition coefficient (Wildman–Crippen LogP) is 3.14. The summed E-state index contributed by atoms with van der Waals surface area (Å²) in [6, 6.07) is 9.99. The molecule has 148 valence electrons. The van der Waals surface area contributed by atoms with Crippen LogP contribution in [-0.4, -0.2) is 38.1 Å². The van der Waals surface area contributed by atoms with E-state index in [4.69, 9.17) is 9.47 Å². The van der Waals surface area contributed by atoms with Crippen molar-refractivity contribution < 1.29 is 19.2 Å². The first kappa shape index (κ1) is 19.5. The van der Waals surface area contributed by atoms with Crippen LogP contribution in [0.25, 0.3) is 0 Å². The Bertz CT molecular complexity index is 878. The zero-order chi connectivity index (χ0) is 20.1. The molecule has 0 unspecified atom stereocenters. The Kier molecular flexibility index (Phi) is 5.98. The Morgan fingerprint density at radius 2 is 1.82 bits per heavy atom. The fourth-order valence-electron chi connectivity index (χ4n) is 3.31. The van der Waals surface area contributed by atoms with Crippen LogP contribution in [0.5, 0.6) is 11.5 Å². The van der Waals surface area contributed by atoms with E-state index in [2.05, 4.69) is 5.32 Å². The SMILES string of the molecule is COc1ccc(CNC(=O)c2ccc(N3CCCC3)c([N+](=O)[O-])c2)cc1OC. The highest BCUT2D eigenvalue weighted by molar-refractivity contribution is 5.95. The van der Waals surface area contributed by atoms with Gasteiger partial charge in [-0.25, -0.2) is 0 Å². The normalized spacial score (nSPS) is 13.3. The summed E-state index contributed by atoms with van der Waals surface area (Å²) in [6.07, 6.45) is 2.04. The summed E-state index contributed by atoms with van der Waals surface area (Å²) in [5.41, 5.74) is 1.61. The Morgan fingerprint density at radius 1 is 1.11 bits per heavy atom. The molecule has 28 heavy (non-hydrogen) atoms. The number of benzene rings is 2. The third-order valence-corrected chi connectivity index (χ3v) is 4.78. The number of rotatable bonds is 7.